The normalized spacial score (nSPS) is 11.2. The molecule has 0 amide bonds. The van der Waals surface area contributed by atoms with Crippen molar-refractivity contribution in [1.29, 1.82) is 0 Å². The molecule has 0 N–H and O–H groups in total. The lowest BCUT2D eigenvalue weighted by molar-refractivity contribution is 0.721. The summed E-state index contributed by atoms with van der Waals surface area (Å²) in [5, 5.41) is 0. The molecule has 0 radical (unpaired) electrons. The molecule has 0 nitrogen and oxygen atoms in total. The molecule has 126 valence electrons. The van der Waals surface area contributed by atoms with Crippen molar-refractivity contribution in [3.05, 3.63) is 45.0 Å². The molecular formula is C20H32I2. The Morgan fingerprint density at radius 3 is 1.73 bits per heavy atom. The third kappa shape index (κ3) is 6.50. The average molecular weight is 526 g/mol. The number of unbranched alkanes of at least 4 members (excludes halogenated alkanes) is 1. The number of allylic oxidation sites excluding steroid dienone is 2. The minimum Gasteiger partial charge on any atom is -0.0859 e. The number of hydrogen-bond acceptors (Lipinski definition) is 0. The third-order valence-electron chi connectivity index (χ3n) is 4.96. The molecule has 0 aliphatic rings. The van der Waals surface area contributed by atoms with Crippen LogP contribution in [0, 0.1) is 34.6 Å². The highest BCUT2D eigenvalue weighted by molar-refractivity contribution is 15.0. The van der Waals surface area contributed by atoms with Crippen molar-refractivity contribution in [3.8, 4) is 0 Å². The summed E-state index contributed by atoms with van der Waals surface area (Å²) in [5.41, 5.74) is 10.7. The van der Waals surface area contributed by atoms with E-state index in [0.717, 1.165) is 0 Å². The highest BCUT2D eigenvalue weighted by Crippen LogP contribution is 2.27. The lowest BCUT2D eigenvalue weighted by Crippen LogP contribution is -2.03. The van der Waals surface area contributed by atoms with Gasteiger partial charge < -0.3 is 0 Å². The van der Waals surface area contributed by atoms with Gasteiger partial charge in [-0.15, -0.1) is 0 Å². The van der Waals surface area contributed by atoms with Gasteiger partial charge >= 0.3 is 0 Å². The van der Waals surface area contributed by atoms with Crippen molar-refractivity contribution >= 4 is 37.2 Å². The Hall–Kier alpha value is 0.420. The van der Waals surface area contributed by atoms with Crippen LogP contribution < -0.4 is 0 Å². The van der Waals surface area contributed by atoms with Crippen molar-refractivity contribution in [3.63, 3.8) is 0 Å². The highest BCUT2D eigenvalue weighted by atomic mass is 128. The van der Waals surface area contributed by atoms with Gasteiger partial charge in [0.1, 0.15) is 0 Å². The van der Waals surface area contributed by atoms with Crippen LogP contribution in [-0.4, -0.2) is 0 Å². The topological polar surface area (TPSA) is 0 Å². The SMILES string of the molecule is CC/C=C(\C)CCCCc1c(C)c(C)c(C)c(C)c1C.II. The number of halogens is 2. The fourth-order valence-electron chi connectivity index (χ4n) is 3.11. The van der Waals surface area contributed by atoms with Crippen molar-refractivity contribution in [2.75, 3.05) is 0 Å². The number of rotatable bonds is 6. The molecule has 0 bridgehead atoms. The summed E-state index contributed by atoms with van der Waals surface area (Å²) in [5.74, 6) is 0. The molecule has 0 aromatic heterocycles. The summed E-state index contributed by atoms with van der Waals surface area (Å²) in [6.45, 7) is 15.9. The van der Waals surface area contributed by atoms with Crippen LogP contribution in [0.15, 0.2) is 11.6 Å². The van der Waals surface area contributed by atoms with Gasteiger partial charge in [-0.1, -0.05) is 18.6 Å². The summed E-state index contributed by atoms with van der Waals surface area (Å²) < 4.78 is 0. The quantitative estimate of drug-likeness (QED) is 0.200. The van der Waals surface area contributed by atoms with Crippen molar-refractivity contribution in [2.45, 2.75) is 80.6 Å². The Morgan fingerprint density at radius 2 is 1.27 bits per heavy atom. The Kier molecular flexibility index (Phi) is 12.1. The van der Waals surface area contributed by atoms with E-state index in [1.54, 1.807) is 11.1 Å². The molecule has 1 rings (SSSR count). The molecule has 2 heteroatoms. The van der Waals surface area contributed by atoms with Crippen LogP contribution in [0.2, 0.25) is 0 Å². The zero-order chi connectivity index (χ0) is 17.3. The van der Waals surface area contributed by atoms with Gasteiger partial charge in [0.15, 0.2) is 0 Å². The summed E-state index contributed by atoms with van der Waals surface area (Å²) in [6, 6.07) is 0. The van der Waals surface area contributed by atoms with Gasteiger partial charge in [-0.05, 0) is 107 Å². The zero-order valence-corrected chi connectivity index (χ0v) is 19.7. The van der Waals surface area contributed by atoms with Crippen LogP contribution >= 0.6 is 37.2 Å². The van der Waals surface area contributed by atoms with E-state index in [-0.39, 0.29) is 0 Å². The van der Waals surface area contributed by atoms with Gasteiger partial charge in [0.25, 0.3) is 0 Å². The van der Waals surface area contributed by atoms with Crippen molar-refractivity contribution in [2.24, 2.45) is 0 Å². The molecule has 0 saturated carbocycles. The summed E-state index contributed by atoms with van der Waals surface area (Å²) >= 11 is 4.24. The molecule has 0 spiro atoms. The van der Waals surface area contributed by atoms with Gasteiger partial charge in [0.05, 0.1) is 0 Å². The van der Waals surface area contributed by atoms with E-state index in [1.165, 1.54) is 59.9 Å². The highest BCUT2D eigenvalue weighted by Gasteiger charge is 2.11. The largest absolute Gasteiger partial charge is 0.0859 e. The minimum atomic E-state index is 1.17. The summed E-state index contributed by atoms with van der Waals surface area (Å²) in [7, 11) is 0. The van der Waals surface area contributed by atoms with Crippen molar-refractivity contribution in [1.82, 2.24) is 0 Å². The standard InChI is InChI=1S/C20H32.I2/c1-8-11-14(2)12-9-10-13-20-18(6)16(4)15(3)17(5)19(20)7;1-2/h11H,8-10,12-13H2,1-7H3;/b14-11+;. The number of hydrogen-bond donors (Lipinski definition) is 0. The first-order chi connectivity index (χ1) is 10.4. The van der Waals surface area contributed by atoms with E-state index in [4.69, 9.17) is 0 Å². The van der Waals surface area contributed by atoms with Crippen LogP contribution in [-0.2, 0) is 6.42 Å². The van der Waals surface area contributed by atoms with E-state index >= 15 is 0 Å². The predicted octanol–water partition coefficient (Wildman–Crippen LogP) is 8.07. The van der Waals surface area contributed by atoms with Crippen LogP contribution in [0.25, 0.3) is 0 Å². The molecule has 1 aromatic carbocycles. The van der Waals surface area contributed by atoms with Crippen LogP contribution in [0.5, 0.6) is 0 Å². The molecule has 0 atom stereocenters. The van der Waals surface area contributed by atoms with E-state index in [2.05, 4.69) is 91.8 Å². The maximum absolute atomic E-state index is 2.36. The lowest BCUT2D eigenvalue weighted by atomic mass is 9.87. The fraction of sp³-hybridized carbons (Fsp3) is 0.600. The molecular weight excluding hydrogens is 494 g/mol. The van der Waals surface area contributed by atoms with Gasteiger partial charge in [-0.3, -0.25) is 0 Å². The molecule has 0 fully saturated rings. The zero-order valence-electron chi connectivity index (χ0n) is 15.4. The van der Waals surface area contributed by atoms with Crippen LogP contribution in [0.1, 0.15) is 72.9 Å². The Balaban J connectivity index is 0.00000211. The molecule has 0 aliphatic heterocycles. The van der Waals surface area contributed by atoms with Gasteiger partial charge in [0.2, 0.25) is 0 Å². The summed E-state index contributed by atoms with van der Waals surface area (Å²) in [6.07, 6.45) is 8.64. The van der Waals surface area contributed by atoms with Crippen LogP contribution in [0.3, 0.4) is 0 Å². The average Bonchev–Trinajstić information content (AvgIpc) is 2.52. The second-order valence-corrected chi connectivity index (χ2v) is 6.27. The van der Waals surface area contributed by atoms with E-state index in [1.807, 2.05) is 0 Å². The third-order valence-corrected chi connectivity index (χ3v) is 4.96. The summed E-state index contributed by atoms with van der Waals surface area (Å²) in [4.78, 5) is 0. The minimum absolute atomic E-state index is 1.17. The molecule has 22 heavy (non-hydrogen) atoms. The smallest absolute Gasteiger partial charge is 0 e. The van der Waals surface area contributed by atoms with E-state index < -0.39 is 0 Å². The predicted molar refractivity (Wildman–Crippen MR) is 120 cm³/mol. The maximum atomic E-state index is 2.36. The van der Waals surface area contributed by atoms with Gasteiger partial charge in [-0.2, -0.15) is 0 Å². The Labute approximate surface area is 161 Å². The molecule has 0 unspecified atom stereocenters. The first-order valence-corrected chi connectivity index (χ1v) is 14.5. The maximum Gasteiger partial charge on any atom is 0 e. The molecule has 0 saturated heterocycles. The number of benzene rings is 1. The van der Waals surface area contributed by atoms with Crippen molar-refractivity contribution < 1.29 is 0 Å². The van der Waals surface area contributed by atoms with E-state index in [0.29, 0.717) is 0 Å². The molecule has 1 aromatic rings. The Morgan fingerprint density at radius 1 is 0.818 bits per heavy atom. The van der Waals surface area contributed by atoms with Crippen LogP contribution in [0.4, 0.5) is 0 Å². The Bertz CT molecular complexity index is 470. The second kappa shape index (κ2) is 11.9. The van der Waals surface area contributed by atoms with Gasteiger partial charge in [0, 0.05) is 37.2 Å². The first-order valence-electron chi connectivity index (χ1n) is 8.25. The van der Waals surface area contributed by atoms with E-state index in [9.17, 15) is 0 Å². The molecule has 0 aliphatic carbocycles. The monoisotopic (exact) mass is 526 g/mol. The lowest BCUT2D eigenvalue weighted by Gasteiger charge is -2.18. The molecule has 0 heterocycles. The van der Waals surface area contributed by atoms with Gasteiger partial charge in [-0.25, -0.2) is 0 Å². The first kappa shape index (κ1) is 22.4. The second-order valence-electron chi connectivity index (χ2n) is 6.27. The fourth-order valence-corrected chi connectivity index (χ4v) is 3.11.